The molecule has 86 valence electrons. The Morgan fingerprint density at radius 2 is 2.19 bits per heavy atom. The van der Waals surface area contributed by atoms with Crippen LogP contribution >= 0.6 is 15.9 Å². The number of halogens is 1. The quantitative estimate of drug-likeness (QED) is 0.633. The van der Waals surface area contributed by atoms with Gasteiger partial charge >= 0.3 is 0 Å². The highest BCUT2D eigenvalue weighted by molar-refractivity contribution is 9.10. The average Bonchev–Trinajstić information content (AvgIpc) is 2.27. The molecule has 0 aliphatic rings. The molecule has 0 spiro atoms. The van der Waals surface area contributed by atoms with Gasteiger partial charge in [0.1, 0.15) is 0 Å². The van der Waals surface area contributed by atoms with Crippen LogP contribution in [0.1, 0.15) is 17.3 Å². The fourth-order valence-corrected chi connectivity index (χ4v) is 1.56. The normalized spacial score (nSPS) is 9.94. The number of hydrogen-bond acceptors (Lipinski definition) is 3. The van der Waals surface area contributed by atoms with Gasteiger partial charge in [-0.25, -0.2) is 0 Å². The molecule has 1 aromatic rings. The molecule has 0 heterocycles. The average molecular weight is 287 g/mol. The Kier molecular flexibility index (Phi) is 4.00. The van der Waals surface area contributed by atoms with Gasteiger partial charge in [0.2, 0.25) is 0 Å². The van der Waals surface area contributed by atoms with E-state index in [9.17, 15) is 14.9 Å². The van der Waals surface area contributed by atoms with Crippen molar-refractivity contribution in [3.05, 3.63) is 38.3 Å². The maximum absolute atomic E-state index is 11.8. The van der Waals surface area contributed by atoms with Gasteiger partial charge in [-0.2, -0.15) is 0 Å². The monoisotopic (exact) mass is 286 g/mol. The Morgan fingerprint density at radius 3 is 2.69 bits per heavy atom. The van der Waals surface area contributed by atoms with Crippen molar-refractivity contribution in [2.45, 2.75) is 6.92 Å². The number of nitro groups is 1. The summed E-state index contributed by atoms with van der Waals surface area (Å²) in [5, 5.41) is 10.6. The van der Waals surface area contributed by atoms with Crippen LogP contribution in [0.25, 0.3) is 0 Å². The Hall–Kier alpha value is -1.43. The first-order valence-electron chi connectivity index (χ1n) is 4.66. The van der Waals surface area contributed by atoms with Crippen LogP contribution < -0.4 is 0 Å². The van der Waals surface area contributed by atoms with Crippen molar-refractivity contribution >= 4 is 27.5 Å². The summed E-state index contributed by atoms with van der Waals surface area (Å²) >= 11 is 3.21. The van der Waals surface area contributed by atoms with Gasteiger partial charge in [-0.1, -0.05) is 0 Å². The molecule has 16 heavy (non-hydrogen) atoms. The highest BCUT2D eigenvalue weighted by Gasteiger charge is 2.17. The smallest absolute Gasteiger partial charge is 0.270 e. The van der Waals surface area contributed by atoms with Crippen molar-refractivity contribution in [2.75, 3.05) is 13.6 Å². The Balaban J connectivity index is 3.17. The van der Waals surface area contributed by atoms with Crippen molar-refractivity contribution in [3.63, 3.8) is 0 Å². The number of carbonyl (C=O) groups is 1. The van der Waals surface area contributed by atoms with Gasteiger partial charge in [-0.15, -0.1) is 0 Å². The van der Waals surface area contributed by atoms with Gasteiger partial charge in [0.05, 0.1) is 10.5 Å². The maximum Gasteiger partial charge on any atom is 0.270 e. The second kappa shape index (κ2) is 5.07. The molecule has 0 saturated carbocycles. The Bertz CT molecular complexity index is 434. The van der Waals surface area contributed by atoms with E-state index in [1.807, 2.05) is 6.92 Å². The fraction of sp³-hybridized carbons (Fsp3) is 0.300. The van der Waals surface area contributed by atoms with Gasteiger partial charge in [0.25, 0.3) is 11.6 Å². The summed E-state index contributed by atoms with van der Waals surface area (Å²) in [6, 6.07) is 4.14. The van der Waals surface area contributed by atoms with Gasteiger partial charge in [0, 0.05) is 30.2 Å². The van der Waals surface area contributed by atoms with E-state index in [1.165, 1.54) is 23.1 Å². The lowest BCUT2D eigenvalue weighted by Crippen LogP contribution is -2.26. The molecule has 0 bridgehead atoms. The van der Waals surface area contributed by atoms with Crippen molar-refractivity contribution in [3.8, 4) is 0 Å². The molecule has 0 atom stereocenters. The molecule has 0 radical (unpaired) electrons. The van der Waals surface area contributed by atoms with E-state index in [2.05, 4.69) is 15.9 Å². The van der Waals surface area contributed by atoms with E-state index in [0.29, 0.717) is 16.6 Å². The van der Waals surface area contributed by atoms with Crippen molar-refractivity contribution < 1.29 is 9.72 Å². The maximum atomic E-state index is 11.8. The number of carbonyl (C=O) groups excluding carboxylic acids is 1. The SMILES string of the molecule is CCN(C)C(=O)c1cc([N+](=O)[O-])ccc1Br. The van der Waals surface area contributed by atoms with Gasteiger partial charge < -0.3 is 4.90 Å². The third-order valence-electron chi connectivity index (χ3n) is 2.21. The lowest BCUT2D eigenvalue weighted by Gasteiger charge is -2.15. The fourth-order valence-electron chi connectivity index (χ4n) is 1.14. The Labute approximate surface area is 101 Å². The molecule has 1 amide bonds. The minimum absolute atomic E-state index is 0.0870. The molecular formula is C10H11BrN2O3. The van der Waals surface area contributed by atoms with Crippen molar-refractivity contribution in [1.82, 2.24) is 4.90 Å². The predicted octanol–water partition coefficient (Wildman–Crippen LogP) is 2.45. The van der Waals surface area contributed by atoms with Crippen molar-refractivity contribution in [2.24, 2.45) is 0 Å². The van der Waals surface area contributed by atoms with E-state index in [1.54, 1.807) is 7.05 Å². The second-order valence-electron chi connectivity index (χ2n) is 3.24. The number of amides is 1. The predicted molar refractivity (Wildman–Crippen MR) is 63.4 cm³/mol. The van der Waals surface area contributed by atoms with Crippen LogP contribution in [0.4, 0.5) is 5.69 Å². The molecule has 5 nitrogen and oxygen atoms in total. The minimum Gasteiger partial charge on any atom is -0.342 e. The van der Waals surface area contributed by atoms with Crippen molar-refractivity contribution in [1.29, 1.82) is 0 Å². The molecule has 0 fully saturated rings. The van der Waals surface area contributed by atoms with E-state index in [4.69, 9.17) is 0 Å². The number of nitrogens with zero attached hydrogens (tertiary/aromatic N) is 2. The molecule has 6 heteroatoms. The molecule has 0 saturated heterocycles. The second-order valence-corrected chi connectivity index (χ2v) is 4.09. The molecule has 1 aromatic carbocycles. The van der Waals surface area contributed by atoms with E-state index in [0.717, 1.165) is 0 Å². The summed E-state index contributed by atoms with van der Waals surface area (Å²) in [5.74, 6) is -0.238. The Morgan fingerprint density at radius 1 is 1.56 bits per heavy atom. The first-order chi connectivity index (χ1) is 7.47. The minimum atomic E-state index is -0.519. The van der Waals surface area contributed by atoms with Crippen LogP contribution in [0.5, 0.6) is 0 Å². The number of nitro benzene ring substituents is 1. The molecule has 0 N–H and O–H groups in total. The summed E-state index contributed by atoms with van der Waals surface area (Å²) in [5.41, 5.74) is 0.217. The summed E-state index contributed by atoms with van der Waals surface area (Å²) in [4.78, 5) is 23.4. The number of rotatable bonds is 3. The van der Waals surface area contributed by atoms with Crippen LogP contribution in [0.2, 0.25) is 0 Å². The molecular weight excluding hydrogens is 276 g/mol. The first-order valence-corrected chi connectivity index (χ1v) is 5.46. The van der Waals surface area contributed by atoms with Gasteiger partial charge in [0.15, 0.2) is 0 Å². The van der Waals surface area contributed by atoms with E-state index < -0.39 is 4.92 Å². The molecule has 0 aromatic heterocycles. The van der Waals surface area contributed by atoms with Crippen LogP contribution in [0.15, 0.2) is 22.7 Å². The molecule has 0 unspecified atom stereocenters. The lowest BCUT2D eigenvalue weighted by molar-refractivity contribution is -0.384. The summed E-state index contributed by atoms with van der Waals surface area (Å²) in [6.07, 6.45) is 0. The summed E-state index contributed by atoms with van der Waals surface area (Å²) < 4.78 is 0.559. The largest absolute Gasteiger partial charge is 0.342 e. The number of benzene rings is 1. The topological polar surface area (TPSA) is 63.5 Å². The molecule has 0 aliphatic carbocycles. The highest BCUT2D eigenvalue weighted by atomic mass is 79.9. The summed E-state index contributed by atoms with van der Waals surface area (Å²) in [7, 11) is 1.65. The third-order valence-corrected chi connectivity index (χ3v) is 2.90. The standard InChI is InChI=1S/C10H11BrN2O3/c1-3-12(2)10(14)8-6-7(13(15)16)4-5-9(8)11/h4-6H,3H2,1-2H3. The first kappa shape index (κ1) is 12.6. The zero-order chi connectivity index (χ0) is 12.3. The number of non-ortho nitro benzene ring substituents is 1. The summed E-state index contributed by atoms with van der Waals surface area (Å²) in [6.45, 7) is 2.39. The van der Waals surface area contributed by atoms with Crippen LogP contribution in [-0.2, 0) is 0 Å². The van der Waals surface area contributed by atoms with Crippen LogP contribution in [0, 0.1) is 10.1 Å². The van der Waals surface area contributed by atoms with Crippen LogP contribution in [-0.4, -0.2) is 29.3 Å². The molecule has 0 aliphatic heterocycles. The zero-order valence-corrected chi connectivity index (χ0v) is 10.5. The van der Waals surface area contributed by atoms with E-state index in [-0.39, 0.29) is 11.6 Å². The van der Waals surface area contributed by atoms with E-state index >= 15 is 0 Å². The third kappa shape index (κ3) is 2.57. The van der Waals surface area contributed by atoms with Gasteiger partial charge in [-0.3, -0.25) is 14.9 Å². The van der Waals surface area contributed by atoms with Gasteiger partial charge in [-0.05, 0) is 28.9 Å². The zero-order valence-electron chi connectivity index (χ0n) is 8.94. The lowest BCUT2D eigenvalue weighted by atomic mass is 10.2. The van der Waals surface area contributed by atoms with Crippen LogP contribution in [0.3, 0.4) is 0 Å². The molecule has 1 rings (SSSR count). The highest BCUT2D eigenvalue weighted by Crippen LogP contribution is 2.23. The number of hydrogen-bond donors (Lipinski definition) is 0.